The van der Waals surface area contributed by atoms with Gasteiger partial charge in [0.25, 0.3) is 0 Å². The number of hydrogen-bond acceptors (Lipinski definition) is 1. The fourth-order valence-electron chi connectivity index (χ4n) is 1.57. The second-order valence-corrected chi connectivity index (χ2v) is 3.42. The second kappa shape index (κ2) is 3.66. The van der Waals surface area contributed by atoms with Crippen molar-refractivity contribution >= 4 is 0 Å². The van der Waals surface area contributed by atoms with Crippen LogP contribution in [0.3, 0.4) is 0 Å². The number of alkyl halides is 3. The number of halogens is 3. The maximum Gasteiger partial charge on any atom is 0.433 e. The van der Waals surface area contributed by atoms with Crippen LogP contribution in [0.5, 0.6) is 0 Å². The summed E-state index contributed by atoms with van der Waals surface area (Å²) in [5.74, 6) is 0. The van der Waals surface area contributed by atoms with Gasteiger partial charge in [-0.05, 0) is 0 Å². The van der Waals surface area contributed by atoms with E-state index in [1.165, 1.54) is 13.4 Å². The highest BCUT2D eigenvalue weighted by molar-refractivity contribution is 5.62. The third-order valence-electron chi connectivity index (χ3n) is 2.25. The van der Waals surface area contributed by atoms with Crippen molar-refractivity contribution in [3.05, 3.63) is 42.4 Å². The molecule has 1 heterocycles. The lowest BCUT2D eigenvalue weighted by atomic mass is 10.1. The van der Waals surface area contributed by atoms with Crippen LogP contribution >= 0.6 is 0 Å². The highest BCUT2D eigenvalue weighted by Crippen LogP contribution is 2.35. The first-order valence-corrected chi connectivity index (χ1v) is 4.64. The molecule has 1 aromatic heterocycles. The van der Waals surface area contributed by atoms with E-state index < -0.39 is 11.9 Å². The average molecular weight is 226 g/mol. The minimum atomic E-state index is -4.39. The lowest BCUT2D eigenvalue weighted by Gasteiger charge is -2.09. The lowest BCUT2D eigenvalue weighted by Crippen LogP contribution is -2.12. The van der Waals surface area contributed by atoms with Crippen LogP contribution in [0.1, 0.15) is 5.69 Å². The van der Waals surface area contributed by atoms with Gasteiger partial charge in [0.2, 0.25) is 0 Å². The lowest BCUT2D eigenvalue weighted by molar-refractivity contribution is -0.142. The number of imidazole rings is 1. The Morgan fingerprint density at radius 2 is 1.75 bits per heavy atom. The zero-order valence-corrected chi connectivity index (χ0v) is 8.49. The molecular weight excluding hydrogens is 217 g/mol. The van der Waals surface area contributed by atoms with Crippen LogP contribution in [0.2, 0.25) is 0 Å². The predicted octanol–water partition coefficient (Wildman–Crippen LogP) is 3.11. The number of rotatable bonds is 1. The molecule has 16 heavy (non-hydrogen) atoms. The Balaban J connectivity index is 2.60. The molecule has 0 N–H and O–H groups in total. The number of aryl methyl sites for hydroxylation is 1. The fourth-order valence-corrected chi connectivity index (χ4v) is 1.57. The summed E-state index contributed by atoms with van der Waals surface area (Å²) < 4.78 is 39.3. The summed E-state index contributed by atoms with van der Waals surface area (Å²) in [4.78, 5) is 3.80. The van der Waals surface area contributed by atoms with Crippen molar-refractivity contribution in [2.24, 2.45) is 7.05 Å². The summed E-state index contributed by atoms with van der Waals surface area (Å²) in [6, 6.07) is 8.34. The molecule has 0 spiro atoms. The first-order valence-electron chi connectivity index (χ1n) is 4.64. The van der Waals surface area contributed by atoms with Gasteiger partial charge in [0.1, 0.15) is 5.69 Å². The van der Waals surface area contributed by atoms with E-state index in [1.807, 2.05) is 0 Å². The predicted molar refractivity (Wildman–Crippen MR) is 53.6 cm³/mol. The SMILES string of the molecule is Cn1cnc(-c2ccccc2)c1C(F)(F)F. The fraction of sp³-hybridized carbons (Fsp3) is 0.182. The van der Waals surface area contributed by atoms with Gasteiger partial charge in [0, 0.05) is 12.6 Å². The van der Waals surface area contributed by atoms with Crippen LogP contribution in [-0.4, -0.2) is 9.55 Å². The molecular formula is C11H9F3N2. The van der Waals surface area contributed by atoms with E-state index in [-0.39, 0.29) is 5.69 Å². The van der Waals surface area contributed by atoms with Gasteiger partial charge in [-0.15, -0.1) is 0 Å². The average Bonchev–Trinajstić information content (AvgIpc) is 2.61. The van der Waals surface area contributed by atoms with Crippen LogP contribution in [0.15, 0.2) is 36.7 Å². The molecule has 1 aromatic carbocycles. The number of hydrogen-bond donors (Lipinski definition) is 0. The van der Waals surface area contributed by atoms with Crippen LogP contribution < -0.4 is 0 Å². The molecule has 0 atom stereocenters. The summed E-state index contributed by atoms with van der Waals surface area (Å²) >= 11 is 0. The van der Waals surface area contributed by atoms with Gasteiger partial charge in [-0.3, -0.25) is 0 Å². The minimum absolute atomic E-state index is 0.0319. The standard InChI is InChI=1S/C11H9F3N2/c1-16-7-15-9(10(16)11(12,13)14)8-5-3-2-4-6-8/h2-7H,1H3. The molecule has 0 aliphatic heterocycles. The molecule has 0 amide bonds. The third kappa shape index (κ3) is 1.80. The van der Waals surface area contributed by atoms with E-state index in [9.17, 15) is 13.2 Å². The van der Waals surface area contributed by atoms with Gasteiger partial charge in [-0.2, -0.15) is 13.2 Å². The summed E-state index contributed by atoms with van der Waals surface area (Å²) in [7, 11) is 1.34. The van der Waals surface area contributed by atoms with Crippen molar-refractivity contribution in [2.45, 2.75) is 6.18 Å². The summed E-state index contributed by atoms with van der Waals surface area (Å²) in [5, 5.41) is 0. The van der Waals surface area contributed by atoms with E-state index in [4.69, 9.17) is 0 Å². The Bertz CT molecular complexity index is 486. The zero-order valence-electron chi connectivity index (χ0n) is 8.49. The van der Waals surface area contributed by atoms with Crippen LogP contribution in [-0.2, 0) is 13.2 Å². The van der Waals surface area contributed by atoms with Gasteiger partial charge in [0.05, 0.1) is 6.33 Å². The zero-order chi connectivity index (χ0) is 11.8. The number of benzene rings is 1. The molecule has 0 bridgehead atoms. The summed E-state index contributed by atoms with van der Waals surface area (Å²) in [6.45, 7) is 0. The monoisotopic (exact) mass is 226 g/mol. The first-order chi connectivity index (χ1) is 7.50. The maximum absolute atomic E-state index is 12.8. The molecule has 0 aliphatic carbocycles. The van der Waals surface area contributed by atoms with E-state index in [0.717, 1.165) is 4.57 Å². The molecule has 2 aromatic rings. The first kappa shape index (κ1) is 10.7. The van der Waals surface area contributed by atoms with Crippen molar-refractivity contribution < 1.29 is 13.2 Å². The van der Waals surface area contributed by atoms with Gasteiger partial charge < -0.3 is 4.57 Å². The van der Waals surface area contributed by atoms with Crippen molar-refractivity contribution in [3.8, 4) is 11.3 Å². The molecule has 0 unspecified atom stereocenters. The Hall–Kier alpha value is -1.78. The Labute approximate surface area is 90.4 Å². The largest absolute Gasteiger partial charge is 0.433 e. The molecule has 5 heteroatoms. The molecule has 2 nitrogen and oxygen atoms in total. The van der Waals surface area contributed by atoms with Gasteiger partial charge in [-0.25, -0.2) is 4.98 Å². The van der Waals surface area contributed by atoms with Gasteiger partial charge >= 0.3 is 6.18 Å². The number of nitrogens with zero attached hydrogens (tertiary/aromatic N) is 2. The van der Waals surface area contributed by atoms with E-state index >= 15 is 0 Å². The smallest absolute Gasteiger partial charge is 0.330 e. The molecule has 0 saturated carbocycles. The third-order valence-corrected chi connectivity index (χ3v) is 2.25. The molecule has 0 aliphatic rings. The van der Waals surface area contributed by atoms with Gasteiger partial charge in [0.15, 0.2) is 5.69 Å². The van der Waals surface area contributed by atoms with Crippen molar-refractivity contribution in [1.82, 2.24) is 9.55 Å². The molecule has 84 valence electrons. The van der Waals surface area contributed by atoms with Crippen LogP contribution in [0, 0.1) is 0 Å². The van der Waals surface area contributed by atoms with E-state index in [0.29, 0.717) is 5.56 Å². The van der Waals surface area contributed by atoms with Gasteiger partial charge in [-0.1, -0.05) is 30.3 Å². The van der Waals surface area contributed by atoms with Crippen LogP contribution in [0.25, 0.3) is 11.3 Å². The maximum atomic E-state index is 12.8. The Kier molecular flexibility index (Phi) is 2.46. The highest BCUT2D eigenvalue weighted by atomic mass is 19.4. The highest BCUT2D eigenvalue weighted by Gasteiger charge is 2.37. The molecule has 0 fully saturated rings. The summed E-state index contributed by atoms with van der Waals surface area (Å²) in [5.41, 5.74) is -0.287. The quantitative estimate of drug-likeness (QED) is 0.730. The summed E-state index contributed by atoms with van der Waals surface area (Å²) in [6.07, 6.45) is -3.22. The minimum Gasteiger partial charge on any atom is -0.330 e. The van der Waals surface area contributed by atoms with Crippen molar-refractivity contribution in [3.63, 3.8) is 0 Å². The Morgan fingerprint density at radius 1 is 1.12 bits per heavy atom. The Morgan fingerprint density at radius 3 is 2.31 bits per heavy atom. The normalized spacial score (nSPS) is 11.8. The van der Waals surface area contributed by atoms with Crippen LogP contribution in [0.4, 0.5) is 13.2 Å². The van der Waals surface area contributed by atoms with Crippen molar-refractivity contribution in [1.29, 1.82) is 0 Å². The molecule has 0 saturated heterocycles. The topological polar surface area (TPSA) is 17.8 Å². The molecule has 2 rings (SSSR count). The molecule has 0 radical (unpaired) electrons. The second-order valence-electron chi connectivity index (χ2n) is 3.42. The van der Waals surface area contributed by atoms with E-state index in [1.54, 1.807) is 30.3 Å². The number of aromatic nitrogens is 2. The van der Waals surface area contributed by atoms with Crippen molar-refractivity contribution in [2.75, 3.05) is 0 Å². The van der Waals surface area contributed by atoms with E-state index in [2.05, 4.69) is 4.98 Å².